The lowest BCUT2D eigenvalue weighted by atomic mass is 10.1. The molecule has 0 saturated carbocycles. The third-order valence-corrected chi connectivity index (χ3v) is 4.60. The molecular weight excluding hydrogens is 376 g/mol. The lowest BCUT2D eigenvalue weighted by molar-refractivity contribution is -0.117. The largest absolute Gasteiger partial charge is 0.326 e. The monoisotopic (exact) mass is 402 g/mol. The number of benzene rings is 2. The standard InChI is InChI=1S/C24H26N4O2/c25-17-15-19-7-11-21(12-8-19)27-23(29)5-3-1-2-4-6-24(30)28-22-13-9-20(10-14-22)16-18-26/h7-14H,1-6,15-16H2,(H,27,29)(H,28,30). The number of nitrogens with zero attached hydrogens (tertiary/aromatic N) is 2. The number of hydrogen-bond acceptors (Lipinski definition) is 4. The molecule has 2 N–H and O–H groups in total. The Kier molecular flexibility index (Phi) is 9.62. The topological polar surface area (TPSA) is 106 Å². The van der Waals surface area contributed by atoms with Crippen molar-refractivity contribution in [2.75, 3.05) is 10.6 Å². The molecule has 0 unspecified atom stereocenters. The molecule has 2 amide bonds. The molecule has 0 aliphatic rings. The van der Waals surface area contributed by atoms with Gasteiger partial charge in [0.2, 0.25) is 11.8 Å². The van der Waals surface area contributed by atoms with Crippen molar-refractivity contribution in [2.45, 2.75) is 51.4 Å². The molecule has 0 heterocycles. The Balaban J connectivity index is 1.55. The molecule has 0 fully saturated rings. The summed E-state index contributed by atoms with van der Waals surface area (Å²) in [6.07, 6.45) is 4.96. The minimum absolute atomic E-state index is 0.0272. The zero-order valence-electron chi connectivity index (χ0n) is 17.0. The molecule has 30 heavy (non-hydrogen) atoms. The molecule has 6 heteroatoms. The van der Waals surface area contributed by atoms with E-state index in [0.29, 0.717) is 25.7 Å². The first-order valence-electron chi connectivity index (χ1n) is 10.1. The van der Waals surface area contributed by atoms with Crippen molar-refractivity contribution in [3.8, 4) is 12.1 Å². The highest BCUT2D eigenvalue weighted by molar-refractivity contribution is 5.91. The van der Waals surface area contributed by atoms with Crippen LogP contribution in [0.15, 0.2) is 48.5 Å². The van der Waals surface area contributed by atoms with E-state index in [-0.39, 0.29) is 11.8 Å². The highest BCUT2D eigenvalue weighted by Crippen LogP contribution is 2.13. The van der Waals surface area contributed by atoms with E-state index in [1.807, 2.05) is 24.3 Å². The molecule has 0 saturated heterocycles. The number of amides is 2. The Morgan fingerprint density at radius 3 is 1.33 bits per heavy atom. The molecular formula is C24H26N4O2. The van der Waals surface area contributed by atoms with Gasteiger partial charge in [0, 0.05) is 24.2 Å². The van der Waals surface area contributed by atoms with Crippen LogP contribution in [-0.4, -0.2) is 11.8 Å². The maximum absolute atomic E-state index is 12.0. The van der Waals surface area contributed by atoms with Gasteiger partial charge >= 0.3 is 0 Å². The van der Waals surface area contributed by atoms with E-state index >= 15 is 0 Å². The first-order valence-corrected chi connectivity index (χ1v) is 10.1. The number of nitriles is 2. The van der Waals surface area contributed by atoms with E-state index in [1.165, 1.54) is 0 Å². The number of carbonyl (C=O) groups excluding carboxylic acids is 2. The Hall–Kier alpha value is -3.64. The quantitative estimate of drug-likeness (QED) is 0.530. The van der Waals surface area contributed by atoms with Crippen LogP contribution < -0.4 is 10.6 Å². The number of carbonyl (C=O) groups is 2. The maximum Gasteiger partial charge on any atom is 0.224 e. The van der Waals surface area contributed by atoms with Crippen LogP contribution in [0.2, 0.25) is 0 Å². The van der Waals surface area contributed by atoms with E-state index in [4.69, 9.17) is 10.5 Å². The van der Waals surface area contributed by atoms with E-state index < -0.39 is 0 Å². The second-order valence-corrected chi connectivity index (χ2v) is 7.07. The molecule has 2 aromatic carbocycles. The number of hydrogen-bond donors (Lipinski definition) is 2. The van der Waals surface area contributed by atoms with Crippen LogP contribution in [0.4, 0.5) is 11.4 Å². The summed E-state index contributed by atoms with van der Waals surface area (Å²) in [7, 11) is 0. The van der Waals surface area contributed by atoms with Crippen LogP contribution >= 0.6 is 0 Å². The number of unbranched alkanes of at least 4 members (excludes halogenated alkanes) is 3. The van der Waals surface area contributed by atoms with Crippen molar-refractivity contribution in [2.24, 2.45) is 0 Å². The maximum atomic E-state index is 12.0. The van der Waals surface area contributed by atoms with Crippen molar-refractivity contribution in [1.29, 1.82) is 10.5 Å². The zero-order chi connectivity index (χ0) is 21.6. The fourth-order valence-corrected chi connectivity index (χ4v) is 2.97. The van der Waals surface area contributed by atoms with Crippen LogP contribution in [0.1, 0.15) is 49.7 Å². The molecule has 2 aromatic rings. The van der Waals surface area contributed by atoms with Gasteiger partial charge in [0.05, 0.1) is 25.0 Å². The molecule has 0 aliphatic heterocycles. The summed E-state index contributed by atoms with van der Waals surface area (Å²) in [5.74, 6) is -0.0544. The molecule has 0 aliphatic carbocycles. The predicted molar refractivity (Wildman–Crippen MR) is 116 cm³/mol. The summed E-state index contributed by atoms with van der Waals surface area (Å²) < 4.78 is 0. The second kappa shape index (κ2) is 12.7. The fourth-order valence-electron chi connectivity index (χ4n) is 2.97. The Morgan fingerprint density at radius 2 is 1.00 bits per heavy atom. The number of rotatable bonds is 11. The van der Waals surface area contributed by atoms with Crippen LogP contribution in [0.25, 0.3) is 0 Å². The lowest BCUT2D eigenvalue weighted by Crippen LogP contribution is -2.11. The summed E-state index contributed by atoms with van der Waals surface area (Å²) in [5.41, 5.74) is 3.32. The van der Waals surface area contributed by atoms with Gasteiger partial charge in [0.1, 0.15) is 0 Å². The average Bonchev–Trinajstić information content (AvgIpc) is 2.74. The zero-order valence-corrected chi connectivity index (χ0v) is 17.0. The smallest absolute Gasteiger partial charge is 0.224 e. The summed E-state index contributed by atoms with van der Waals surface area (Å²) in [6.45, 7) is 0. The van der Waals surface area contributed by atoms with Crippen molar-refractivity contribution in [3.05, 3.63) is 59.7 Å². The molecule has 154 valence electrons. The van der Waals surface area contributed by atoms with Gasteiger partial charge in [-0.1, -0.05) is 37.1 Å². The van der Waals surface area contributed by atoms with E-state index in [9.17, 15) is 9.59 Å². The van der Waals surface area contributed by atoms with E-state index in [1.54, 1.807) is 24.3 Å². The van der Waals surface area contributed by atoms with Crippen LogP contribution in [-0.2, 0) is 22.4 Å². The van der Waals surface area contributed by atoms with Gasteiger partial charge in [-0.2, -0.15) is 10.5 Å². The lowest BCUT2D eigenvalue weighted by Gasteiger charge is -2.07. The Morgan fingerprint density at radius 1 is 0.633 bits per heavy atom. The predicted octanol–water partition coefficient (Wildman–Crippen LogP) is 4.74. The van der Waals surface area contributed by atoms with Crippen molar-refractivity contribution in [3.63, 3.8) is 0 Å². The Bertz CT molecular complexity index is 829. The first kappa shape index (κ1) is 22.6. The van der Waals surface area contributed by atoms with Crippen LogP contribution in [0.3, 0.4) is 0 Å². The van der Waals surface area contributed by atoms with Gasteiger partial charge in [-0.3, -0.25) is 9.59 Å². The van der Waals surface area contributed by atoms with Gasteiger partial charge in [-0.25, -0.2) is 0 Å². The third kappa shape index (κ3) is 8.58. The van der Waals surface area contributed by atoms with Crippen LogP contribution in [0.5, 0.6) is 0 Å². The highest BCUT2D eigenvalue weighted by atomic mass is 16.2. The molecule has 0 radical (unpaired) electrons. The van der Waals surface area contributed by atoms with Gasteiger partial charge in [-0.05, 0) is 48.2 Å². The number of anilines is 2. The molecule has 0 aromatic heterocycles. The SMILES string of the molecule is N#CCc1ccc(NC(=O)CCCCCCC(=O)Nc2ccc(CC#N)cc2)cc1. The molecule has 2 rings (SSSR count). The van der Waals surface area contributed by atoms with Gasteiger partial charge in [0.15, 0.2) is 0 Å². The normalized spacial score (nSPS) is 9.93. The van der Waals surface area contributed by atoms with Gasteiger partial charge in [0.25, 0.3) is 0 Å². The van der Waals surface area contributed by atoms with Gasteiger partial charge in [-0.15, -0.1) is 0 Å². The summed E-state index contributed by atoms with van der Waals surface area (Å²) in [6, 6.07) is 18.8. The molecule has 0 atom stereocenters. The summed E-state index contributed by atoms with van der Waals surface area (Å²) in [5, 5.41) is 23.0. The number of nitrogens with one attached hydrogen (secondary N) is 2. The summed E-state index contributed by atoms with van der Waals surface area (Å²) in [4.78, 5) is 24.0. The van der Waals surface area contributed by atoms with Crippen molar-refractivity contribution >= 4 is 23.2 Å². The second-order valence-electron chi connectivity index (χ2n) is 7.07. The Labute approximate surface area is 177 Å². The van der Waals surface area contributed by atoms with Crippen LogP contribution in [0, 0.1) is 22.7 Å². The highest BCUT2D eigenvalue weighted by Gasteiger charge is 2.05. The van der Waals surface area contributed by atoms with E-state index in [0.717, 1.165) is 48.2 Å². The minimum atomic E-state index is -0.0272. The fraction of sp³-hybridized carbons (Fsp3) is 0.333. The molecule has 6 nitrogen and oxygen atoms in total. The molecule has 0 spiro atoms. The van der Waals surface area contributed by atoms with Crippen molar-refractivity contribution in [1.82, 2.24) is 0 Å². The van der Waals surface area contributed by atoms with Gasteiger partial charge < -0.3 is 10.6 Å². The molecule has 0 bridgehead atoms. The average molecular weight is 402 g/mol. The third-order valence-electron chi connectivity index (χ3n) is 4.60. The van der Waals surface area contributed by atoms with Crippen molar-refractivity contribution < 1.29 is 9.59 Å². The minimum Gasteiger partial charge on any atom is -0.326 e. The van der Waals surface area contributed by atoms with E-state index in [2.05, 4.69) is 22.8 Å². The summed E-state index contributed by atoms with van der Waals surface area (Å²) >= 11 is 0. The first-order chi connectivity index (χ1) is 14.6.